The number of nitrogens with zero attached hydrogens (tertiary/aromatic N) is 1. The Kier molecular flexibility index (Phi) is 3.38. The molecule has 1 heterocycles. The van der Waals surface area contributed by atoms with E-state index in [-0.39, 0.29) is 0 Å². The van der Waals surface area contributed by atoms with Gasteiger partial charge in [-0.15, -0.1) is 0 Å². The molecule has 0 N–H and O–H groups in total. The maximum atomic E-state index is 2.68. The number of likely N-dealkylation sites (tertiary alicyclic amines) is 1. The van der Waals surface area contributed by atoms with Crippen molar-refractivity contribution in [3.05, 3.63) is 0 Å². The summed E-state index contributed by atoms with van der Waals surface area (Å²) in [6, 6.07) is 1.74. The van der Waals surface area contributed by atoms with Crippen molar-refractivity contribution < 1.29 is 0 Å². The maximum Gasteiger partial charge on any atom is 0.00960 e. The van der Waals surface area contributed by atoms with Gasteiger partial charge in [-0.2, -0.15) is 0 Å². The largest absolute Gasteiger partial charge is 0.298 e. The molecule has 0 spiro atoms. The number of hydrogen-bond donors (Lipinski definition) is 0. The highest BCUT2D eigenvalue weighted by Gasteiger charge is 2.27. The van der Waals surface area contributed by atoms with Crippen molar-refractivity contribution in [3.63, 3.8) is 0 Å². The van der Waals surface area contributed by atoms with Gasteiger partial charge in [0.1, 0.15) is 0 Å². The van der Waals surface area contributed by atoms with Crippen LogP contribution in [0.25, 0.3) is 0 Å². The molecular formula is C10H21N. The predicted octanol–water partition coefficient (Wildman–Crippen LogP) is 2.66. The molecule has 1 rings (SSSR count). The molecule has 1 fully saturated rings. The van der Waals surface area contributed by atoms with E-state index in [0.29, 0.717) is 0 Å². The molecule has 1 saturated heterocycles. The van der Waals surface area contributed by atoms with Gasteiger partial charge >= 0.3 is 0 Å². The molecule has 1 heteroatoms. The quantitative estimate of drug-likeness (QED) is 0.605. The minimum absolute atomic E-state index is 0.847. The smallest absolute Gasteiger partial charge is 0.00960 e. The van der Waals surface area contributed by atoms with Crippen molar-refractivity contribution in [1.82, 2.24) is 4.90 Å². The van der Waals surface area contributed by atoms with Gasteiger partial charge in [0.15, 0.2) is 0 Å². The van der Waals surface area contributed by atoms with Crippen molar-refractivity contribution in [1.29, 1.82) is 0 Å². The van der Waals surface area contributed by atoms with E-state index in [4.69, 9.17) is 0 Å². The molecular weight excluding hydrogens is 134 g/mol. The summed E-state index contributed by atoms with van der Waals surface area (Å²) < 4.78 is 0. The van der Waals surface area contributed by atoms with Crippen LogP contribution >= 0.6 is 0 Å². The van der Waals surface area contributed by atoms with E-state index in [0.717, 1.165) is 12.1 Å². The summed E-state index contributed by atoms with van der Waals surface area (Å²) >= 11 is 0. The summed E-state index contributed by atoms with van der Waals surface area (Å²) in [5, 5.41) is 0. The summed E-state index contributed by atoms with van der Waals surface area (Å²) in [4.78, 5) is 2.68. The third kappa shape index (κ3) is 1.96. The van der Waals surface area contributed by atoms with E-state index in [9.17, 15) is 0 Å². The van der Waals surface area contributed by atoms with E-state index < -0.39 is 0 Å². The van der Waals surface area contributed by atoms with Gasteiger partial charge in [-0.05, 0) is 39.2 Å². The molecule has 11 heavy (non-hydrogen) atoms. The van der Waals surface area contributed by atoms with Crippen molar-refractivity contribution in [2.24, 2.45) is 0 Å². The van der Waals surface area contributed by atoms with Crippen LogP contribution in [-0.4, -0.2) is 23.5 Å². The summed E-state index contributed by atoms with van der Waals surface area (Å²) in [6.07, 6.45) is 5.49. The predicted molar refractivity (Wildman–Crippen MR) is 49.8 cm³/mol. The third-order valence-corrected chi connectivity index (χ3v) is 2.91. The first-order chi connectivity index (χ1) is 5.29. The van der Waals surface area contributed by atoms with Gasteiger partial charge in [0.25, 0.3) is 0 Å². The van der Waals surface area contributed by atoms with Crippen LogP contribution in [0.1, 0.15) is 46.5 Å². The van der Waals surface area contributed by atoms with E-state index in [1.165, 1.54) is 32.2 Å². The Labute approximate surface area is 70.8 Å². The van der Waals surface area contributed by atoms with Gasteiger partial charge in [-0.25, -0.2) is 0 Å². The molecule has 1 aliphatic heterocycles. The molecule has 0 aliphatic carbocycles. The standard InChI is InChI=1S/C10H21N/c1-4-8-11-9(3)6-7-10(11)5-2/h9-10H,4-8H2,1-3H3. The third-order valence-electron chi connectivity index (χ3n) is 2.91. The Hall–Kier alpha value is -0.0400. The van der Waals surface area contributed by atoms with Crippen LogP contribution in [0.15, 0.2) is 0 Å². The normalized spacial score (nSPS) is 33.0. The molecule has 1 aliphatic rings. The van der Waals surface area contributed by atoms with Gasteiger partial charge in [0.2, 0.25) is 0 Å². The molecule has 2 atom stereocenters. The SMILES string of the molecule is CCCN1C(C)CCC1CC. The second kappa shape index (κ2) is 4.10. The van der Waals surface area contributed by atoms with Crippen molar-refractivity contribution in [3.8, 4) is 0 Å². The molecule has 0 radical (unpaired) electrons. The highest BCUT2D eigenvalue weighted by atomic mass is 15.2. The molecule has 1 nitrogen and oxygen atoms in total. The van der Waals surface area contributed by atoms with Crippen molar-refractivity contribution >= 4 is 0 Å². The van der Waals surface area contributed by atoms with Crippen LogP contribution in [0.2, 0.25) is 0 Å². The molecule has 0 aromatic carbocycles. The lowest BCUT2D eigenvalue weighted by molar-refractivity contribution is 0.199. The Morgan fingerprint density at radius 2 is 2.00 bits per heavy atom. The Bertz CT molecular complexity index is 111. The fourth-order valence-corrected chi connectivity index (χ4v) is 2.22. The van der Waals surface area contributed by atoms with Crippen LogP contribution in [-0.2, 0) is 0 Å². The van der Waals surface area contributed by atoms with Crippen LogP contribution in [0, 0.1) is 0 Å². The second-order valence-electron chi connectivity index (χ2n) is 3.73. The average molecular weight is 155 g/mol. The minimum Gasteiger partial charge on any atom is -0.298 e. The van der Waals surface area contributed by atoms with Crippen LogP contribution in [0.3, 0.4) is 0 Å². The monoisotopic (exact) mass is 155 g/mol. The number of hydrogen-bond acceptors (Lipinski definition) is 1. The molecule has 0 aromatic heterocycles. The molecule has 0 bridgehead atoms. The van der Waals surface area contributed by atoms with Crippen molar-refractivity contribution in [2.75, 3.05) is 6.54 Å². The zero-order valence-electron chi connectivity index (χ0n) is 8.14. The molecule has 0 amide bonds. The highest BCUT2D eigenvalue weighted by molar-refractivity contribution is 4.83. The van der Waals surface area contributed by atoms with Gasteiger partial charge in [-0.1, -0.05) is 13.8 Å². The summed E-state index contributed by atoms with van der Waals surface area (Å²) in [5.74, 6) is 0. The van der Waals surface area contributed by atoms with Crippen LogP contribution in [0.4, 0.5) is 0 Å². The Morgan fingerprint density at radius 1 is 1.27 bits per heavy atom. The van der Waals surface area contributed by atoms with Gasteiger partial charge < -0.3 is 0 Å². The zero-order chi connectivity index (χ0) is 8.27. The molecule has 66 valence electrons. The fraction of sp³-hybridized carbons (Fsp3) is 1.00. The van der Waals surface area contributed by atoms with E-state index in [1.807, 2.05) is 0 Å². The van der Waals surface area contributed by atoms with Gasteiger partial charge in [0, 0.05) is 12.1 Å². The summed E-state index contributed by atoms with van der Waals surface area (Å²) in [7, 11) is 0. The minimum atomic E-state index is 0.847. The lowest BCUT2D eigenvalue weighted by Gasteiger charge is -2.26. The summed E-state index contributed by atoms with van der Waals surface area (Å²) in [5.41, 5.74) is 0. The molecule has 2 unspecified atom stereocenters. The zero-order valence-corrected chi connectivity index (χ0v) is 8.14. The summed E-state index contributed by atoms with van der Waals surface area (Å²) in [6.45, 7) is 8.26. The maximum absolute atomic E-state index is 2.68. The van der Waals surface area contributed by atoms with E-state index in [1.54, 1.807) is 0 Å². The lowest BCUT2D eigenvalue weighted by atomic mass is 10.1. The molecule has 0 aromatic rings. The topological polar surface area (TPSA) is 3.24 Å². The fourth-order valence-electron chi connectivity index (χ4n) is 2.22. The van der Waals surface area contributed by atoms with Crippen LogP contribution in [0.5, 0.6) is 0 Å². The highest BCUT2D eigenvalue weighted by Crippen LogP contribution is 2.25. The van der Waals surface area contributed by atoms with Crippen molar-refractivity contribution in [2.45, 2.75) is 58.5 Å². The second-order valence-corrected chi connectivity index (χ2v) is 3.73. The van der Waals surface area contributed by atoms with E-state index >= 15 is 0 Å². The first-order valence-corrected chi connectivity index (χ1v) is 5.05. The van der Waals surface area contributed by atoms with Gasteiger partial charge in [0.05, 0.1) is 0 Å². The first-order valence-electron chi connectivity index (χ1n) is 5.05. The Morgan fingerprint density at radius 3 is 2.55 bits per heavy atom. The number of rotatable bonds is 3. The van der Waals surface area contributed by atoms with Gasteiger partial charge in [-0.3, -0.25) is 4.90 Å². The molecule has 0 saturated carbocycles. The Balaban J connectivity index is 2.42. The average Bonchev–Trinajstić information content (AvgIpc) is 2.34. The first kappa shape index (κ1) is 9.05. The lowest BCUT2D eigenvalue weighted by Crippen LogP contribution is -2.34. The van der Waals surface area contributed by atoms with Crippen LogP contribution < -0.4 is 0 Å². The van der Waals surface area contributed by atoms with E-state index in [2.05, 4.69) is 25.7 Å².